The molecule has 7 heteroatoms. The van der Waals surface area contributed by atoms with Crippen LogP contribution in [0.25, 0.3) is 11.4 Å². The fourth-order valence-electron chi connectivity index (χ4n) is 2.93. The molecule has 0 fully saturated rings. The Labute approximate surface area is 161 Å². The summed E-state index contributed by atoms with van der Waals surface area (Å²) in [6.07, 6.45) is 0. The van der Waals surface area contributed by atoms with Crippen LogP contribution in [0.4, 0.5) is 0 Å². The molecule has 0 unspecified atom stereocenters. The summed E-state index contributed by atoms with van der Waals surface area (Å²) >= 11 is 1.38. The zero-order valence-electron chi connectivity index (χ0n) is 15.1. The molecule has 0 aliphatic carbocycles. The third-order valence-corrected chi connectivity index (χ3v) is 5.44. The number of aromatic nitrogens is 3. The van der Waals surface area contributed by atoms with Crippen LogP contribution in [0.15, 0.2) is 47.6 Å². The molecule has 1 aliphatic rings. The Balaban J connectivity index is 1.48. The zero-order chi connectivity index (χ0) is 18.8. The Bertz CT molecular complexity index is 1000. The number of hydrogen-bond acceptors (Lipinski definition) is 6. The second kappa shape index (κ2) is 7.44. The molecule has 0 saturated carbocycles. The van der Waals surface area contributed by atoms with E-state index in [4.69, 9.17) is 9.47 Å². The number of ketones is 1. The van der Waals surface area contributed by atoms with Crippen LogP contribution >= 0.6 is 11.8 Å². The minimum Gasteiger partial charge on any atom is -0.486 e. The molecule has 138 valence electrons. The first kappa shape index (κ1) is 17.6. The SMILES string of the molecule is Cc1ccccc1-c1nnc(SCC(=O)c2ccc3c(c2)OCCO3)n1C. The van der Waals surface area contributed by atoms with Gasteiger partial charge in [0, 0.05) is 18.2 Å². The summed E-state index contributed by atoms with van der Waals surface area (Å²) < 4.78 is 13.0. The molecule has 0 N–H and O–H groups in total. The molecule has 27 heavy (non-hydrogen) atoms. The van der Waals surface area contributed by atoms with Gasteiger partial charge in [0.15, 0.2) is 28.3 Å². The van der Waals surface area contributed by atoms with Crippen molar-refractivity contribution in [3.05, 3.63) is 53.6 Å². The van der Waals surface area contributed by atoms with E-state index in [1.54, 1.807) is 18.2 Å². The monoisotopic (exact) mass is 381 g/mol. The van der Waals surface area contributed by atoms with Crippen LogP contribution in [0.2, 0.25) is 0 Å². The van der Waals surface area contributed by atoms with E-state index in [0.29, 0.717) is 35.4 Å². The van der Waals surface area contributed by atoms with E-state index in [2.05, 4.69) is 10.2 Å². The number of ether oxygens (including phenoxy) is 2. The minimum absolute atomic E-state index is 0.0115. The average Bonchev–Trinajstić information content (AvgIpc) is 3.06. The van der Waals surface area contributed by atoms with Crippen LogP contribution in [0.1, 0.15) is 15.9 Å². The summed E-state index contributed by atoms with van der Waals surface area (Å²) in [7, 11) is 1.92. The molecule has 0 atom stereocenters. The Kier molecular flexibility index (Phi) is 4.85. The normalized spacial score (nSPS) is 12.8. The van der Waals surface area contributed by atoms with Gasteiger partial charge in [0.1, 0.15) is 13.2 Å². The number of hydrogen-bond donors (Lipinski definition) is 0. The number of benzene rings is 2. The van der Waals surface area contributed by atoms with E-state index in [-0.39, 0.29) is 11.5 Å². The van der Waals surface area contributed by atoms with Gasteiger partial charge in [-0.1, -0.05) is 36.0 Å². The van der Waals surface area contributed by atoms with Gasteiger partial charge in [0.25, 0.3) is 0 Å². The molecule has 3 aromatic rings. The summed E-state index contributed by atoms with van der Waals surface area (Å²) in [6.45, 7) is 3.08. The molecule has 1 aliphatic heterocycles. The molecule has 0 bridgehead atoms. The fourth-order valence-corrected chi connectivity index (χ4v) is 3.73. The zero-order valence-corrected chi connectivity index (χ0v) is 16.0. The van der Waals surface area contributed by atoms with Crippen molar-refractivity contribution < 1.29 is 14.3 Å². The third-order valence-electron chi connectivity index (χ3n) is 4.42. The van der Waals surface area contributed by atoms with Crippen molar-refractivity contribution in [2.45, 2.75) is 12.1 Å². The van der Waals surface area contributed by atoms with Gasteiger partial charge < -0.3 is 14.0 Å². The second-order valence-corrected chi connectivity index (χ2v) is 7.19. The average molecular weight is 381 g/mol. The smallest absolute Gasteiger partial charge is 0.191 e. The van der Waals surface area contributed by atoms with E-state index in [0.717, 1.165) is 17.0 Å². The Morgan fingerprint density at radius 2 is 1.89 bits per heavy atom. The summed E-state index contributed by atoms with van der Waals surface area (Å²) in [6, 6.07) is 13.3. The highest BCUT2D eigenvalue weighted by Crippen LogP contribution is 2.31. The summed E-state index contributed by atoms with van der Waals surface area (Å²) in [5, 5.41) is 9.26. The third kappa shape index (κ3) is 3.55. The lowest BCUT2D eigenvalue weighted by molar-refractivity contribution is 0.102. The molecular formula is C20H19N3O3S. The molecule has 0 radical (unpaired) electrons. The van der Waals surface area contributed by atoms with E-state index in [9.17, 15) is 4.79 Å². The fraction of sp³-hybridized carbons (Fsp3) is 0.250. The van der Waals surface area contributed by atoms with Crippen molar-refractivity contribution >= 4 is 17.5 Å². The number of fused-ring (bicyclic) bond motifs is 1. The predicted octanol–water partition coefficient (Wildman–Crippen LogP) is 3.54. The molecule has 6 nitrogen and oxygen atoms in total. The van der Waals surface area contributed by atoms with E-state index in [1.165, 1.54) is 11.8 Å². The number of Topliss-reactive ketones (excluding diaryl/α,β-unsaturated/α-hetero) is 1. The minimum atomic E-state index is 0.0115. The van der Waals surface area contributed by atoms with Crippen molar-refractivity contribution in [3.8, 4) is 22.9 Å². The highest BCUT2D eigenvalue weighted by Gasteiger charge is 2.17. The maximum absolute atomic E-state index is 12.6. The first-order chi connectivity index (χ1) is 13.1. The van der Waals surface area contributed by atoms with Gasteiger partial charge in [-0.25, -0.2) is 0 Å². The predicted molar refractivity (Wildman–Crippen MR) is 104 cm³/mol. The maximum Gasteiger partial charge on any atom is 0.191 e. The van der Waals surface area contributed by atoms with Crippen LogP contribution in [-0.2, 0) is 7.05 Å². The van der Waals surface area contributed by atoms with Gasteiger partial charge >= 0.3 is 0 Å². The highest BCUT2D eigenvalue weighted by atomic mass is 32.2. The summed E-state index contributed by atoms with van der Waals surface area (Å²) in [5.41, 5.74) is 2.78. The standard InChI is InChI=1S/C20H19N3O3S/c1-13-5-3-4-6-15(13)19-21-22-20(23(19)2)27-12-16(24)14-7-8-17-18(11-14)26-10-9-25-17/h3-8,11H,9-10,12H2,1-2H3. The first-order valence-electron chi connectivity index (χ1n) is 8.64. The van der Waals surface area contributed by atoms with Crippen LogP contribution in [0.5, 0.6) is 11.5 Å². The molecule has 0 saturated heterocycles. The lowest BCUT2D eigenvalue weighted by Gasteiger charge is -2.18. The van der Waals surface area contributed by atoms with Crippen molar-refractivity contribution in [2.24, 2.45) is 7.05 Å². The topological polar surface area (TPSA) is 66.2 Å². The van der Waals surface area contributed by atoms with Crippen LogP contribution in [0, 0.1) is 6.92 Å². The number of nitrogens with zero attached hydrogens (tertiary/aromatic N) is 3. The van der Waals surface area contributed by atoms with Gasteiger partial charge in [-0.05, 0) is 30.7 Å². The number of rotatable bonds is 5. The van der Waals surface area contributed by atoms with Crippen LogP contribution in [-0.4, -0.2) is 39.5 Å². The van der Waals surface area contributed by atoms with E-state index >= 15 is 0 Å². The van der Waals surface area contributed by atoms with Crippen molar-refractivity contribution in [3.63, 3.8) is 0 Å². The summed E-state index contributed by atoms with van der Waals surface area (Å²) in [5.74, 6) is 2.39. The van der Waals surface area contributed by atoms with Crippen molar-refractivity contribution in [2.75, 3.05) is 19.0 Å². The number of thioether (sulfide) groups is 1. The summed E-state index contributed by atoms with van der Waals surface area (Å²) in [4.78, 5) is 12.6. The van der Waals surface area contributed by atoms with Crippen LogP contribution < -0.4 is 9.47 Å². The molecule has 1 aromatic heterocycles. The molecule has 2 heterocycles. The second-order valence-electron chi connectivity index (χ2n) is 6.25. The first-order valence-corrected chi connectivity index (χ1v) is 9.63. The number of carbonyl (C=O) groups is 1. The Hall–Kier alpha value is -2.80. The van der Waals surface area contributed by atoms with E-state index < -0.39 is 0 Å². The van der Waals surface area contributed by atoms with Gasteiger partial charge in [-0.15, -0.1) is 10.2 Å². The molecule has 2 aromatic carbocycles. The molecule has 4 rings (SSSR count). The van der Waals surface area contributed by atoms with Gasteiger partial charge in [-0.3, -0.25) is 4.79 Å². The largest absolute Gasteiger partial charge is 0.486 e. The molecule has 0 amide bonds. The number of aryl methyl sites for hydroxylation is 1. The highest BCUT2D eigenvalue weighted by molar-refractivity contribution is 7.99. The lowest BCUT2D eigenvalue weighted by Crippen LogP contribution is -2.16. The van der Waals surface area contributed by atoms with Gasteiger partial charge in [0.2, 0.25) is 0 Å². The molecular weight excluding hydrogens is 362 g/mol. The molecule has 0 spiro atoms. The maximum atomic E-state index is 12.6. The lowest BCUT2D eigenvalue weighted by atomic mass is 10.1. The van der Waals surface area contributed by atoms with Gasteiger partial charge in [0.05, 0.1) is 5.75 Å². The van der Waals surface area contributed by atoms with Crippen molar-refractivity contribution in [1.29, 1.82) is 0 Å². The van der Waals surface area contributed by atoms with Crippen molar-refractivity contribution in [1.82, 2.24) is 14.8 Å². The van der Waals surface area contributed by atoms with E-state index in [1.807, 2.05) is 42.8 Å². The van der Waals surface area contributed by atoms with Crippen LogP contribution in [0.3, 0.4) is 0 Å². The number of carbonyl (C=O) groups excluding carboxylic acids is 1. The quantitative estimate of drug-likeness (QED) is 0.497. The Morgan fingerprint density at radius 3 is 2.70 bits per heavy atom. The Morgan fingerprint density at radius 1 is 1.11 bits per heavy atom. The van der Waals surface area contributed by atoms with Gasteiger partial charge in [-0.2, -0.15) is 0 Å².